The maximum Gasteiger partial charge on any atom is 0.308 e. The highest BCUT2D eigenvalue weighted by Gasteiger charge is 2.28. The highest BCUT2D eigenvalue weighted by atomic mass is 35.5. The van der Waals surface area contributed by atoms with E-state index < -0.39 is 11.9 Å². The Morgan fingerprint density at radius 2 is 2.25 bits per heavy atom. The van der Waals surface area contributed by atoms with Gasteiger partial charge in [-0.2, -0.15) is 0 Å². The maximum atomic E-state index is 12.4. The van der Waals surface area contributed by atoms with Crippen LogP contribution in [0.5, 0.6) is 0 Å². The Morgan fingerprint density at radius 3 is 3.00 bits per heavy atom. The summed E-state index contributed by atoms with van der Waals surface area (Å²) in [7, 11) is 0. The number of carboxylic acid groups (broad SMARTS) is 1. The molecule has 126 valence electrons. The molecule has 3 rings (SSSR count). The van der Waals surface area contributed by atoms with Crippen molar-refractivity contribution in [2.24, 2.45) is 5.92 Å². The number of hydrogen-bond donors (Lipinski definition) is 1. The molecule has 1 aromatic carbocycles. The van der Waals surface area contributed by atoms with E-state index >= 15 is 0 Å². The zero-order chi connectivity index (χ0) is 17.1. The molecule has 1 fully saturated rings. The quantitative estimate of drug-likeness (QED) is 0.903. The summed E-state index contributed by atoms with van der Waals surface area (Å²) in [6, 6.07) is 7.44. The van der Waals surface area contributed by atoms with Crippen LogP contribution in [0.25, 0.3) is 10.6 Å². The van der Waals surface area contributed by atoms with E-state index in [1.54, 1.807) is 11.0 Å². The van der Waals surface area contributed by atoms with Gasteiger partial charge in [-0.1, -0.05) is 23.7 Å². The van der Waals surface area contributed by atoms with E-state index in [1.807, 2.05) is 23.6 Å². The van der Waals surface area contributed by atoms with E-state index in [4.69, 9.17) is 16.7 Å². The molecule has 0 bridgehead atoms. The third-order valence-electron chi connectivity index (χ3n) is 4.08. The lowest BCUT2D eigenvalue weighted by molar-refractivity contribution is -0.145. The number of carbonyl (C=O) groups excluding carboxylic acids is 1. The van der Waals surface area contributed by atoms with Gasteiger partial charge in [0.2, 0.25) is 5.91 Å². The van der Waals surface area contributed by atoms with Gasteiger partial charge in [0.25, 0.3) is 0 Å². The SMILES string of the molecule is O=C(O)[C@H]1CCCN(C(=O)Cc2csc(-c3cccc(Cl)c3)n2)C1. The number of rotatable bonds is 4. The molecule has 0 radical (unpaired) electrons. The molecule has 0 spiro atoms. The topological polar surface area (TPSA) is 70.5 Å². The normalized spacial score (nSPS) is 17.7. The van der Waals surface area contributed by atoms with E-state index in [1.165, 1.54) is 11.3 Å². The Kier molecular flexibility index (Phi) is 5.16. The number of nitrogens with zero attached hydrogens (tertiary/aromatic N) is 2. The molecule has 0 unspecified atom stereocenters. The minimum atomic E-state index is -0.829. The van der Waals surface area contributed by atoms with Crippen molar-refractivity contribution in [1.29, 1.82) is 0 Å². The summed E-state index contributed by atoms with van der Waals surface area (Å²) >= 11 is 7.47. The number of aromatic nitrogens is 1. The minimum absolute atomic E-state index is 0.0658. The molecule has 1 aromatic heterocycles. The first-order chi connectivity index (χ1) is 11.5. The van der Waals surface area contributed by atoms with Crippen LogP contribution in [-0.4, -0.2) is 40.0 Å². The third kappa shape index (κ3) is 3.94. The molecule has 2 heterocycles. The highest BCUT2D eigenvalue weighted by Crippen LogP contribution is 2.26. The Hall–Kier alpha value is -1.92. The van der Waals surface area contributed by atoms with Crippen LogP contribution in [0.2, 0.25) is 5.02 Å². The van der Waals surface area contributed by atoms with Gasteiger partial charge in [0.05, 0.1) is 18.0 Å². The van der Waals surface area contributed by atoms with Gasteiger partial charge in [-0.15, -0.1) is 11.3 Å². The van der Waals surface area contributed by atoms with Crippen molar-refractivity contribution in [3.8, 4) is 10.6 Å². The second kappa shape index (κ2) is 7.32. The second-order valence-electron chi connectivity index (χ2n) is 5.85. The van der Waals surface area contributed by atoms with Crippen molar-refractivity contribution in [2.45, 2.75) is 19.3 Å². The molecule has 24 heavy (non-hydrogen) atoms. The van der Waals surface area contributed by atoms with Gasteiger partial charge >= 0.3 is 5.97 Å². The number of carboxylic acids is 1. The molecule has 1 aliphatic heterocycles. The van der Waals surface area contributed by atoms with Gasteiger partial charge in [-0.3, -0.25) is 9.59 Å². The number of carbonyl (C=O) groups is 2. The molecule has 1 amide bonds. The van der Waals surface area contributed by atoms with Gasteiger partial charge in [0.15, 0.2) is 0 Å². The Morgan fingerprint density at radius 1 is 1.42 bits per heavy atom. The van der Waals surface area contributed by atoms with E-state index in [0.29, 0.717) is 30.2 Å². The number of likely N-dealkylation sites (tertiary alicyclic amines) is 1. The first-order valence-electron chi connectivity index (χ1n) is 7.74. The van der Waals surface area contributed by atoms with Gasteiger partial charge in [0, 0.05) is 29.1 Å². The lowest BCUT2D eigenvalue weighted by atomic mass is 9.98. The average molecular weight is 365 g/mol. The van der Waals surface area contributed by atoms with Crippen LogP contribution in [-0.2, 0) is 16.0 Å². The van der Waals surface area contributed by atoms with Crippen molar-refractivity contribution in [2.75, 3.05) is 13.1 Å². The van der Waals surface area contributed by atoms with E-state index in [-0.39, 0.29) is 12.3 Å². The Balaban J connectivity index is 1.66. The zero-order valence-corrected chi connectivity index (χ0v) is 14.5. The van der Waals surface area contributed by atoms with Gasteiger partial charge in [-0.25, -0.2) is 4.98 Å². The third-order valence-corrected chi connectivity index (χ3v) is 5.25. The largest absolute Gasteiger partial charge is 0.481 e. The van der Waals surface area contributed by atoms with Crippen LogP contribution in [0, 0.1) is 5.92 Å². The molecule has 1 atom stereocenters. The number of piperidine rings is 1. The maximum absolute atomic E-state index is 12.4. The molecule has 2 aromatic rings. The first-order valence-corrected chi connectivity index (χ1v) is 8.99. The van der Waals surface area contributed by atoms with Gasteiger partial charge in [-0.05, 0) is 25.0 Å². The number of thiazole rings is 1. The molecular weight excluding hydrogens is 348 g/mol. The fourth-order valence-corrected chi connectivity index (χ4v) is 3.82. The average Bonchev–Trinajstić information content (AvgIpc) is 3.03. The van der Waals surface area contributed by atoms with Crippen LogP contribution in [0.3, 0.4) is 0 Å². The fraction of sp³-hybridized carbons (Fsp3) is 0.353. The summed E-state index contributed by atoms with van der Waals surface area (Å²) in [4.78, 5) is 29.7. The zero-order valence-electron chi connectivity index (χ0n) is 12.9. The summed E-state index contributed by atoms with van der Waals surface area (Å²) in [6.45, 7) is 0.910. The van der Waals surface area contributed by atoms with Crippen LogP contribution in [0.15, 0.2) is 29.6 Å². The highest BCUT2D eigenvalue weighted by molar-refractivity contribution is 7.13. The summed E-state index contributed by atoms with van der Waals surface area (Å²) in [6.07, 6.45) is 1.56. The standard InChI is InChI=1S/C17H17ClN2O3S/c18-13-5-1-3-11(7-13)16-19-14(10-24-16)8-15(21)20-6-2-4-12(9-20)17(22)23/h1,3,5,7,10,12H,2,4,6,8-9H2,(H,22,23)/t12-/m0/s1. The molecule has 7 heteroatoms. The molecule has 1 N–H and O–H groups in total. The lowest BCUT2D eigenvalue weighted by Crippen LogP contribution is -2.43. The molecule has 5 nitrogen and oxygen atoms in total. The van der Waals surface area contributed by atoms with Gasteiger partial charge in [0.1, 0.15) is 5.01 Å². The van der Waals surface area contributed by atoms with E-state index in [9.17, 15) is 9.59 Å². The monoisotopic (exact) mass is 364 g/mol. The van der Waals surface area contributed by atoms with Crippen molar-refractivity contribution < 1.29 is 14.7 Å². The summed E-state index contributed by atoms with van der Waals surface area (Å²) in [5.41, 5.74) is 1.63. The van der Waals surface area contributed by atoms with Crippen LogP contribution in [0.1, 0.15) is 18.5 Å². The minimum Gasteiger partial charge on any atom is -0.481 e. The summed E-state index contributed by atoms with van der Waals surface area (Å²) in [5, 5.41) is 12.5. The predicted octanol–water partition coefficient (Wildman–Crippen LogP) is 3.33. The molecule has 1 aliphatic rings. The molecule has 0 saturated carbocycles. The predicted molar refractivity (Wildman–Crippen MR) is 93.2 cm³/mol. The lowest BCUT2D eigenvalue weighted by Gasteiger charge is -2.30. The van der Waals surface area contributed by atoms with Crippen LogP contribution < -0.4 is 0 Å². The van der Waals surface area contributed by atoms with Gasteiger partial charge < -0.3 is 10.0 Å². The van der Waals surface area contributed by atoms with Crippen molar-refractivity contribution in [3.63, 3.8) is 0 Å². The Bertz CT molecular complexity index is 762. The molecule has 1 saturated heterocycles. The Labute approximate surface area is 148 Å². The molecular formula is C17H17ClN2O3S. The smallest absolute Gasteiger partial charge is 0.308 e. The number of benzene rings is 1. The second-order valence-corrected chi connectivity index (χ2v) is 7.14. The summed E-state index contributed by atoms with van der Waals surface area (Å²) < 4.78 is 0. The number of amides is 1. The number of hydrogen-bond acceptors (Lipinski definition) is 4. The fourth-order valence-electron chi connectivity index (χ4n) is 2.81. The van der Waals surface area contributed by atoms with Crippen LogP contribution >= 0.6 is 22.9 Å². The van der Waals surface area contributed by atoms with Crippen molar-refractivity contribution >= 4 is 34.8 Å². The first kappa shape index (κ1) is 16.9. The van der Waals surface area contributed by atoms with Crippen molar-refractivity contribution in [3.05, 3.63) is 40.4 Å². The number of halogens is 1. The van der Waals surface area contributed by atoms with E-state index in [2.05, 4.69) is 4.98 Å². The van der Waals surface area contributed by atoms with Crippen LogP contribution in [0.4, 0.5) is 0 Å². The van der Waals surface area contributed by atoms with E-state index in [0.717, 1.165) is 17.0 Å². The molecule has 0 aliphatic carbocycles. The van der Waals surface area contributed by atoms with Crippen molar-refractivity contribution in [1.82, 2.24) is 9.88 Å². The summed E-state index contributed by atoms with van der Waals surface area (Å²) in [5.74, 6) is -1.35. The number of aliphatic carboxylic acids is 1.